The highest BCUT2D eigenvalue weighted by Gasteiger charge is 2.21. The number of amides is 1. The zero-order valence-electron chi connectivity index (χ0n) is 19.7. The second kappa shape index (κ2) is 11.1. The van der Waals surface area contributed by atoms with E-state index in [0.717, 1.165) is 36.4 Å². The molecule has 13 heteroatoms. The Morgan fingerprint density at radius 3 is 2.76 bits per heavy atom. The Kier molecular flexibility index (Phi) is 7.69. The summed E-state index contributed by atoms with van der Waals surface area (Å²) in [6.45, 7) is 1.38. The largest absolute Gasteiger partial charge is 0.494 e. The lowest BCUT2D eigenvalue weighted by atomic mass is 9.97. The van der Waals surface area contributed by atoms with E-state index in [0.29, 0.717) is 10.9 Å². The number of aromatic nitrogens is 3. The number of nitrogens with one attached hydrogen (secondary N) is 2. The third-order valence-corrected chi connectivity index (χ3v) is 5.73. The Morgan fingerprint density at radius 1 is 1.30 bits per heavy atom. The number of methoxy groups -OCH3 is 1. The van der Waals surface area contributed by atoms with Gasteiger partial charge in [0.15, 0.2) is 10.9 Å². The van der Waals surface area contributed by atoms with Crippen LogP contribution in [0.3, 0.4) is 0 Å². The van der Waals surface area contributed by atoms with Gasteiger partial charge < -0.3 is 15.2 Å². The standard InChI is InChI=1S/C24H21F2N7O3S/c1-12(27)36-23(28)30-14-6-7-15(16(9-14)17-10-18(21(25)26)29-11-19(17)35-2)22(34)31-24-33-32-20(37-24)8-5-13-3-4-13/h6-7,9-11,13,21,27H,3-4H2,1-2H3,(H2,28,30)(H,31,33,34). The van der Waals surface area contributed by atoms with Crippen LogP contribution in [-0.2, 0) is 4.74 Å². The van der Waals surface area contributed by atoms with Crippen molar-refractivity contribution in [3.05, 3.63) is 46.7 Å². The Labute approximate surface area is 214 Å². The summed E-state index contributed by atoms with van der Waals surface area (Å²) in [5.41, 5.74) is 5.99. The predicted octanol–water partition coefficient (Wildman–Crippen LogP) is 4.52. The molecule has 1 saturated carbocycles. The molecule has 0 bridgehead atoms. The summed E-state index contributed by atoms with van der Waals surface area (Å²) in [6, 6.07) is 5.23. The van der Waals surface area contributed by atoms with E-state index < -0.39 is 18.0 Å². The van der Waals surface area contributed by atoms with Crippen molar-refractivity contribution in [3.63, 3.8) is 0 Å². The summed E-state index contributed by atoms with van der Waals surface area (Å²) in [6.07, 6.45) is 0.449. The van der Waals surface area contributed by atoms with Gasteiger partial charge in [0.1, 0.15) is 11.4 Å². The summed E-state index contributed by atoms with van der Waals surface area (Å²) in [7, 11) is 1.36. The lowest BCUT2D eigenvalue weighted by Crippen LogP contribution is -2.18. The van der Waals surface area contributed by atoms with Gasteiger partial charge in [-0.2, -0.15) is 4.99 Å². The zero-order valence-corrected chi connectivity index (χ0v) is 20.5. The monoisotopic (exact) mass is 525 g/mol. The Hall–Kier alpha value is -4.44. The number of aliphatic imine (C=N–C) groups is 1. The number of carbonyl (C=O) groups is 1. The average molecular weight is 526 g/mol. The van der Waals surface area contributed by atoms with Crippen LogP contribution >= 0.6 is 11.3 Å². The molecule has 10 nitrogen and oxygen atoms in total. The van der Waals surface area contributed by atoms with E-state index in [1.54, 1.807) is 0 Å². The van der Waals surface area contributed by atoms with Crippen LogP contribution in [0.1, 0.15) is 47.3 Å². The molecule has 0 aliphatic heterocycles. The minimum atomic E-state index is -2.85. The van der Waals surface area contributed by atoms with Crippen molar-refractivity contribution in [2.45, 2.75) is 26.2 Å². The molecule has 0 radical (unpaired) electrons. The summed E-state index contributed by atoms with van der Waals surface area (Å²) in [5, 5.41) is 18.7. The van der Waals surface area contributed by atoms with Crippen molar-refractivity contribution >= 4 is 40.0 Å². The lowest BCUT2D eigenvalue weighted by Gasteiger charge is -2.14. The summed E-state index contributed by atoms with van der Waals surface area (Å²) >= 11 is 1.12. The van der Waals surface area contributed by atoms with Crippen LogP contribution in [0.15, 0.2) is 35.5 Å². The number of pyridine rings is 1. The van der Waals surface area contributed by atoms with Gasteiger partial charge in [-0.25, -0.2) is 8.78 Å². The number of amidine groups is 1. The van der Waals surface area contributed by atoms with Crippen LogP contribution in [0.25, 0.3) is 11.1 Å². The maximum atomic E-state index is 13.5. The second-order valence-corrected chi connectivity index (χ2v) is 8.84. The summed E-state index contributed by atoms with van der Waals surface area (Å²) in [4.78, 5) is 21.1. The number of benzene rings is 1. The van der Waals surface area contributed by atoms with E-state index in [9.17, 15) is 13.6 Å². The highest BCUT2D eigenvalue weighted by Crippen LogP contribution is 2.37. The third kappa shape index (κ3) is 6.62. The molecule has 0 unspecified atom stereocenters. The number of nitrogens with zero attached hydrogens (tertiary/aromatic N) is 4. The van der Waals surface area contributed by atoms with Gasteiger partial charge in [0.2, 0.25) is 5.13 Å². The van der Waals surface area contributed by atoms with Crippen molar-refractivity contribution in [2.75, 3.05) is 12.4 Å². The van der Waals surface area contributed by atoms with Crippen LogP contribution in [0.4, 0.5) is 19.6 Å². The molecule has 0 saturated heterocycles. The second-order valence-electron chi connectivity index (χ2n) is 7.86. The van der Waals surface area contributed by atoms with Gasteiger partial charge in [-0.05, 0) is 43.0 Å². The highest BCUT2D eigenvalue weighted by atomic mass is 32.1. The molecular weight excluding hydrogens is 504 g/mol. The topological polar surface area (TPSA) is 148 Å². The molecule has 1 aromatic carbocycles. The molecule has 0 atom stereocenters. The first-order valence-corrected chi connectivity index (χ1v) is 11.7. The molecule has 190 valence electrons. The van der Waals surface area contributed by atoms with Crippen LogP contribution < -0.4 is 15.8 Å². The molecule has 2 aromatic heterocycles. The number of ether oxygens (including phenoxy) is 2. The van der Waals surface area contributed by atoms with E-state index in [2.05, 4.69) is 37.3 Å². The van der Waals surface area contributed by atoms with Gasteiger partial charge in [-0.1, -0.05) is 17.3 Å². The first kappa shape index (κ1) is 25.6. The molecule has 37 heavy (non-hydrogen) atoms. The number of hydrogen-bond donors (Lipinski definition) is 3. The number of anilines is 1. The summed E-state index contributed by atoms with van der Waals surface area (Å²) in [5.74, 6) is 5.83. The highest BCUT2D eigenvalue weighted by molar-refractivity contribution is 7.15. The fraction of sp³-hybridized carbons (Fsp3) is 0.250. The molecular formula is C24H21F2N7O3S. The number of carbonyl (C=O) groups excluding carboxylic acids is 1. The molecule has 3 aromatic rings. The third-order valence-electron chi connectivity index (χ3n) is 4.97. The molecule has 1 aliphatic rings. The fourth-order valence-corrected chi connectivity index (χ4v) is 3.76. The van der Waals surface area contributed by atoms with Crippen molar-refractivity contribution in [2.24, 2.45) is 16.6 Å². The minimum absolute atomic E-state index is 0.118. The molecule has 0 spiro atoms. The van der Waals surface area contributed by atoms with Gasteiger partial charge in [-0.15, -0.1) is 10.2 Å². The normalized spacial score (nSPS) is 13.1. The van der Waals surface area contributed by atoms with E-state index in [1.165, 1.54) is 32.2 Å². The molecule has 2 heterocycles. The Morgan fingerprint density at radius 2 is 2.08 bits per heavy atom. The fourth-order valence-electron chi connectivity index (χ4n) is 3.16. The van der Waals surface area contributed by atoms with Gasteiger partial charge >= 0.3 is 0 Å². The SMILES string of the molecule is COc1cnc(C(F)F)cc1-c1cc(N=C(N)OC(C)=N)ccc1C(=O)Nc1nnc(C#CC2CC2)s1. The molecule has 4 rings (SSSR count). The molecule has 1 amide bonds. The van der Waals surface area contributed by atoms with Gasteiger partial charge in [0, 0.05) is 29.5 Å². The van der Waals surface area contributed by atoms with E-state index in [4.69, 9.17) is 20.6 Å². The van der Waals surface area contributed by atoms with Gasteiger partial charge in [0.25, 0.3) is 18.4 Å². The smallest absolute Gasteiger partial charge is 0.293 e. The van der Waals surface area contributed by atoms with Gasteiger partial charge in [-0.3, -0.25) is 20.5 Å². The van der Waals surface area contributed by atoms with Crippen LogP contribution in [-0.4, -0.2) is 40.1 Å². The summed E-state index contributed by atoms with van der Waals surface area (Å²) < 4.78 is 37.2. The predicted molar refractivity (Wildman–Crippen MR) is 134 cm³/mol. The number of nitrogens with two attached hydrogens (primary N) is 1. The zero-order chi connectivity index (χ0) is 26.5. The molecule has 4 N–H and O–H groups in total. The van der Waals surface area contributed by atoms with Crippen molar-refractivity contribution < 1.29 is 23.0 Å². The van der Waals surface area contributed by atoms with E-state index in [-0.39, 0.29) is 45.2 Å². The van der Waals surface area contributed by atoms with E-state index >= 15 is 0 Å². The first-order chi connectivity index (χ1) is 17.7. The number of alkyl halides is 2. The number of halogens is 2. The quantitative estimate of drug-likeness (QED) is 0.243. The first-order valence-electron chi connectivity index (χ1n) is 10.9. The average Bonchev–Trinajstić information content (AvgIpc) is 3.59. The van der Waals surface area contributed by atoms with E-state index in [1.807, 2.05) is 0 Å². The maximum Gasteiger partial charge on any atom is 0.293 e. The Bertz CT molecular complexity index is 1440. The van der Waals surface area contributed by atoms with Crippen molar-refractivity contribution in [3.8, 4) is 28.7 Å². The van der Waals surface area contributed by atoms with Gasteiger partial charge in [0.05, 0.1) is 19.0 Å². The van der Waals surface area contributed by atoms with Crippen LogP contribution in [0, 0.1) is 23.2 Å². The van der Waals surface area contributed by atoms with Crippen LogP contribution in [0.5, 0.6) is 5.75 Å². The van der Waals surface area contributed by atoms with Crippen LogP contribution in [0.2, 0.25) is 0 Å². The number of hydrogen-bond acceptors (Lipinski definition) is 9. The lowest BCUT2D eigenvalue weighted by molar-refractivity contribution is 0.102. The number of rotatable bonds is 6. The van der Waals surface area contributed by atoms with Crippen molar-refractivity contribution in [1.82, 2.24) is 15.2 Å². The molecule has 1 aliphatic carbocycles. The van der Waals surface area contributed by atoms with Crippen molar-refractivity contribution in [1.29, 1.82) is 5.41 Å². The molecule has 1 fully saturated rings. The Balaban J connectivity index is 1.74. The minimum Gasteiger partial charge on any atom is -0.494 e. The maximum absolute atomic E-state index is 13.5.